The van der Waals surface area contributed by atoms with Crippen molar-refractivity contribution in [3.63, 3.8) is 0 Å². The molecule has 18 heavy (non-hydrogen) atoms. The predicted octanol–water partition coefficient (Wildman–Crippen LogP) is 5.53. The van der Waals surface area contributed by atoms with Crippen molar-refractivity contribution in [3.8, 4) is 0 Å². The Morgan fingerprint density at radius 3 is 2.44 bits per heavy atom. The van der Waals surface area contributed by atoms with Gasteiger partial charge in [-0.1, -0.05) is 39.8 Å². The van der Waals surface area contributed by atoms with E-state index in [9.17, 15) is 0 Å². The van der Waals surface area contributed by atoms with Crippen molar-refractivity contribution in [1.29, 1.82) is 0 Å². The van der Waals surface area contributed by atoms with Gasteiger partial charge in [0.1, 0.15) is 0 Å². The second-order valence-corrected chi connectivity index (χ2v) is 12.0. The molecule has 1 rings (SSSR count). The normalized spacial score (nSPS) is 22.4. The molecular weight excluding hydrogens is 236 g/mol. The molecule has 106 valence electrons. The monoisotopic (exact) mass is 268 g/mol. The first-order chi connectivity index (χ1) is 8.26. The van der Waals surface area contributed by atoms with Crippen LogP contribution in [-0.4, -0.2) is 14.4 Å². The van der Waals surface area contributed by atoms with E-state index < -0.39 is 8.32 Å². The Morgan fingerprint density at radius 2 is 2.00 bits per heavy atom. The summed E-state index contributed by atoms with van der Waals surface area (Å²) in [5.74, 6) is 0.821. The zero-order chi connectivity index (χ0) is 13.8. The van der Waals surface area contributed by atoms with Crippen molar-refractivity contribution in [1.82, 2.24) is 0 Å². The number of allylic oxidation sites excluding steroid dienone is 2. The van der Waals surface area contributed by atoms with Gasteiger partial charge in [0.2, 0.25) is 0 Å². The van der Waals surface area contributed by atoms with Crippen LogP contribution in [0, 0.1) is 5.92 Å². The fourth-order valence-electron chi connectivity index (χ4n) is 2.28. The van der Waals surface area contributed by atoms with Gasteiger partial charge < -0.3 is 4.43 Å². The summed E-state index contributed by atoms with van der Waals surface area (Å²) in [6.45, 7) is 14.0. The first-order valence-corrected chi connectivity index (χ1v) is 10.5. The molecule has 0 spiro atoms. The van der Waals surface area contributed by atoms with Crippen molar-refractivity contribution in [2.45, 2.75) is 84.0 Å². The quantitative estimate of drug-likeness (QED) is 0.454. The molecule has 2 heteroatoms. The molecule has 0 fully saturated rings. The molecule has 0 amide bonds. The smallest absolute Gasteiger partial charge is 0.192 e. The van der Waals surface area contributed by atoms with Gasteiger partial charge in [-0.3, -0.25) is 0 Å². The van der Waals surface area contributed by atoms with E-state index in [1.165, 1.54) is 25.7 Å². The molecule has 0 N–H and O–H groups in total. The maximum Gasteiger partial charge on any atom is 0.192 e. The van der Waals surface area contributed by atoms with Gasteiger partial charge in [0.15, 0.2) is 8.32 Å². The van der Waals surface area contributed by atoms with Gasteiger partial charge in [-0.2, -0.15) is 0 Å². The highest BCUT2D eigenvalue weighted by atomic mass is 28.4. The van der Waals surface area contributed by atoms with Crippen LogP contribution in [0.3, 0.4) is 0 Å². The van der Waals surface area contributed by atoms with E-state index in [2.05, 4.69) is 52.9 Å². The van der Waals surface area contributed by atoms with Crippen LogP contribution in [-0.2, 0) is 4.43 Å². The molecule has 2 atom stereocenters. The second-order valence-electron chi connectivity index (χ2n) is 7.25. The Labute approximate surface area is 115 Å². The number of hydrogen-bond donors (Lipinski definition) is 0. The standard InChI is InChI=1S/C16H32OSi/c1-7-15(13-12-14-10-8-9-11-14)17-18(5,6)16(2,3)4/h8,10,14-15H,7,9,11-13H2,1-6H3. The van der Waals surface area contributed by atoms with Crippen LogP contribution in [0.2, 0.25) is 18.1 Å². The Bertz CT molecular complexity index is 275. The van der Waals surface area contributed by atoms with E-state index in [4.69, 9.17) is 4.43 Å². The van der Waals surface area contributed by atoms with Crippen molar-refractivity contribution >= 4 is 8.32 Å². The Kier molecular flexibility index (Phi) is 5.66. The summed E-state index contributed by atoms with van der Waals surface area (Å²) in [6, 6.07) is 0. The fraction of sp³-hybridized carbons (Fsp3) is 0.875. The molecule has 0 heterocycles. The molecule has 0 saturated heterocycles. The minimum absolute atomic E-state index is 0.327. The van der Waals surface area contributed by atoms with E-state index in [-0.39, 0.29) is 0 Å². The van der Waals surface area contributed by atoms with E-state index in [1.54, 1.807) is 0 Å². The third kappa shape index (κ3) is 4.54. The minimum Gasteiger partial charge on any atom is -0.414 e. The molecule has 0 aromatic rings. The zero-order valence-corrected chi connectivity index (χ0v) is 14.3. The van der Waals surface area contributed by atoms with Crippen molar-refractivity contribution in [2.75, 3.05) is 0 Å². The summed E-state index contributed by atoms with van der Waals surface area (Å²) in [4.78, 5) is 0. The lowest BCUT2D eigenvalue weighted by atomic mass is 10.00. The lowest BCUT2D eigenvalue weighted by Crippen LogP contribution is -2.43. The van der Waals surface area contributed by atoms with Crippen LogP contribution >= 0.6 is 0 Å². The molecule has 2 unspecified atom stereocenters. The van der Waals surface area contributed by atoms with Crippen molar-refractivity contribution in [2.24, 2.45) is 5.92 Å². The molecular formula is C16H32OSi. The van der Waals surface area contributed by atoms with Crippen molar-refractivity contribution < 1.29 is 4.43 Å². The number of rotatable bonds is 6. The molecule has 0 bridgehead atoms. The van der Waals surface area contributed by atoms with Gasteiger partial charge in [0.05, 0.1) is 0 Å². The van der Waals surface area contributed by atoms with Gasteiger partial charge in [-0.25, -0.2) is 0 Å². The Balaban J connectivity index is 2.43. The van der Waals surface area contributed by atoms with Crippen LogP contribution in [0.4, 0.5) is 0 Å². The first-order valence-electron chi connectivity index (χ1n) is 7.60. The second kappa shape index (κ2) is 6.38. The SMILES string of the molecule is CCC(CCC1C=CCC1)O[Si](C)(C)C(C)(C)C. The molecule has 1 nitrogen and oxygen atoms in total. The van der Waals surface area contributed by atoms with Crippen LogP contribution in [0.15, 0.2) is 12.2 Å². The van der Waals surface area contributed by atoms with Gasteiger partial charge >= 0.3 is 0 Å². The van der Waals surface area contributed by atoms with E-state index in [0.29, 0.717) is 11.1 Å². The van der Waals surface area contributed by atoms with Crippen LogP contribution < -0.4 is 0 Å². The summed E-state index contributed by atoms with van der Waals surface area (Å²) in [7, 11) is -1.58. The fourth-order valence-corrected chi connectivity index (χ4v) is 3.75. The lowest BCUT2D eigenvalue weighted by Gasteiger charge is -2.39. The molecule has 0 aromatic heterocycles. The Hall–Kier alpha value is -0.0831. The van der Waals surface area contributed by atoms with Gasteiger partial charge in [0.25, 0.3) is 0 Å². The molecule has 0 radical (unpaired) electrons. The molecule has 0 aromatic carbocycles. The molecule has 1 aliphatic carbocycles. The van der Waals surface area contributed by atoms with Gasteiger partial charge in [0, 0.05) is 6.10 Å². The van der Waals surface area contributed by atoms with Gasteiger partial charge in [-0.05, 0) is 56.2 Å². The molecule has 0 saturated carbocycles. The third-order valence-corrected chi connectivity index (χ3v) is 9.23. The summed E-state index contributed by atoms with van der Waals surface area (Å²) in [5, 5.41) is 0.327. The topological polar surface area (TPSA) is 9.23 Å². The highest BCUT2D eigenvalue weighted by molar-refractivity contribution is 6.74. The minimum atomic E-state index is -1.58. The van der Waals surface area contributed by atoms with E-state index >= 15 is 0 Å². The third-order valence-electron chi connectivity index (χ3n) is 4.69. The molecule has 0 aliphatic heterocycles. The lowest BCUT2D eigenvalue weighted by molar-refractivity contribution is 0.159. The van der Waals surface area contributed by atoms with Crippen LogP contribution in [0.25, 0.3) is 0 Å². The highest BCUT2D eigenvalue weighted by Gasteiger charge is 2.38. The summed E-state index contributed by atoms with van der Waals surface area (Å²) >= 11 is 0. The summed E-state index contributed by atoms with van der Waals surface area (Å²) < 4.78 is 6.53. The maximum atomic E-state index is 6.53. The van der Waals surface area contributed by atoms with Crippen molar-refractivity contribution in [3.05, 3.63) is 12.2 Å². The largest absolute Gasteiger partial charge is 0.414 e. The summed E-state index contributed by atoms with van der Waals surface area (Å²) in [6.07, 6.45) is 11.5. The van der Waals surface area contributed by atoms with E-state index in [1.807, 2.05) is 0 Å². The number of hydrogen-bond acceptors (Lipinski definition) is 1. The maximum absolute atomic E-state index is 6.53. The highest BCUT2D eigenvalue weighted by Crippen LogP contribution is 2.38. The van der Waals surface area contributed by atoms with Crippen LogP contribution in [0.1, 0.15) is 59.8 Å². The summed E-state index contributed by atoms with van der Waals surface area (Å²) in [5.41, 5.74) is 0. The Morgan fingerprint density at radius 1 is 1.33 bits per heavy atom. The molecule has 1 aliphatic rings. The van der Waals surface area contributed by atoms with E-state index in [0.717, 1.165) is 12.3 Å². The first kappa shape index (κ1) is 16.0. The zero-order valence-electron chi connectivity index (χ0n) is 13.3. The predicted molar refractivity (Wildman–Crippen MR) is 83.5 cm³/mol. The average molecular weight is 269 g/mol. The van der Waals surface area contributed by atoms with Gasteiger partial charge in [-0.15, -0.1) is 0 Å². The average Bonchev–Trinajstić information content (AvgIpc) is 2.75. The van der Waals surface area contributed by atoms with Crippen LogP contribution in [0.5, 0.6) is 0 Å².